The van der Waals surface area contributed by atoms with E-state index in [0.717, 1.165) is 12.0 Å². The van der Waals surface area contributed by atoms with Crippen LogP contribution in [0.25, 0.3) is 0 Å². The molecule has 0 fully saturated rings. The largest absolute Gasteiger partial charge is 0.308 e. The molecule has 0 aromatic heterocycles. The zero-order chi connectivity index (χ0) is 14.5. The molecule has 0 radical (unpaired) electrons. The molecule has 0 spiro atoms. The van der Waals surface area contributed by atoms with E-state index >= 15 is 0 Å². The minimum Gasteiger partial charge on any atom is -0.308 e. The topological polar surface area (TPSA) is 35.8 Å². The van der Waals surface area contributed by atoms with Gasteiger partial charge in [-0.15, -0.1) is 0 Å². The lowest BCUT2D eigenvalue weighted by Gasteiger charge is -2.27. The summed E-state index contributed by atoms with van der Waals surface area (Å²) < 4.78 is 0. The molecule has 2 aromatic carbocycles. The first-order valence-corrected chi connectivity index (χ1v) is 7.64. The summed E-state index contributed by atoms with van der Waals surface area (Å²) in [5.74, 6) is -0.0831. The van der Waals surface area contributed by atoms with Crippen LogP contribution in [0.5, 0.6) is 0 Å². The number of benzene rings is 2. The monoisotopic (exact) mass is 276 g/mol. The van der Waals surface area contributed by atoms with Crippen LogP contribution in [0.4, 0.5) is 0 Å². The Bertz CT molecular complexity index is 628. The van der Waals surface area contributed by atoms with Gasteiger partial charge in [0.2, 0.25) is 0 Å². The van der Waals surface area contributed by atoms with E-state index in [1.54, 1.807) is 0 Å². The van der Waals surface area contributed by atoms with E-state index in [4.69, 9.17) is 0 Å². The Morgan fingerprint density at radius 2 is 1.86 bits per heavy atom. The SMILES string of the molecule is N#CC(CNC1CCCc2ccccc21)c1ccccc1. The number of rotatable bonds is 4. The van der Waals surface area contributed by atoms with Gasteiger partial charge in [0.05, 0.1) is 12.0 Å². The Hall–Kier alpha value is -2.11. The highest BCUT2D eigenvalue weighted by Gasteiger charge is 2.20. The van der Waals surface area contributed by atoms with Crippen molar-refractivity contribution < 1.29 is 0 Å². The fourth-order valence-corrected chi connectivity index (χ4v) is 3.15. The summed E-state index contributed by atoms with van der Waals surface area (Å²) in [6.45, 7) is 0.708. The number of fused-ring (bicyclic) bond motifs is 1. The third-order valence-electron chi connectivity index (χ3n) is 4.30. The normalized spacial score (nSPS) is 18.5. The summed E-state index contributed by atoms with van der Waals surface area (Å²) in [6.07, 6.45) is 3.55. The lowest BCUT2D eigenvalue weighted by atomic mass is 9.87. The minimum atomic E-state index is -0.0831. The molecule has 2 unspecified atom stereocenters. The van der Waals surface area contributed by atoms with Crippen LogP contribution in [0.15, 0.2) is 54.6 Å². The summed E-state index contributed by atoms with van der Waals surface area (Å²) in [5.41, 5.74) is 3.96. The molecule has 2 atom stereocenters. The molecule has 2 heteroatoms. The van der Waals surface area contributed by atoms with Gasteiger partial charge in [0.1, 0.15) is 0 Å². The van der Waals surface area contributed by atoms with E-state index in [0.29, 0.717) is 12.6 Å². The highest BCUT2D eigenvalue weighted by Crippen LogP contribution is 2.29. The molecule has 0 saturated carbocycles. The van der Waals surface area contributed by atoms with Gasteiger partial charge in [-0.05, 0) is 36.0 Å². The van der Waals surface area contributed by atoms with Gasteiger partial charge in [-0.25, -0.2) is 0 Å². The van der Waals surface area contributed by atoms with E-state index in [2.05, 4.69) is 35.7 Å². The number of hydrogen-bond acceptors (Lipinski definition) is 2. The molecule has 2 nitrogen and oxygen atoms in total. The van der Waals surface area contributed by atoms with Gasteiger partial charge in [0.25, 0.3) is 0 Å². The second-order valence-electron chi connectivity index (χ2n) is 5.64. The Morgan fingerprint density at radius 1 is 1.10 bits per heavy atom. The second-order valence-corrected chi connectivity index (χ2v) is 5.64. The van der Waals surface area contributed by atoms with E-state index < -0.39 is 0 Å². The molecule has 0 amide bonds. The summed E-state index contributed by atoms with van der Waals surface area (Å²) >= 11 is 0. The first-order chi connectivity index (χ1) is 10.4. The maximum absolute atomic E-state index is 9.41. The van der Waals surface area contributed by atoms with Crippen LogP contribution in [0.2, 0.25) is 0 Å². The summed E-state index contributed by atoms with van der Waals surface area (Å²) in [7, 11) is 0. The highest BCUT2D eigenvalue weighted by atomic mass is 14.9. The Labute approximate surface area is 126 Å². The molecule has 21 heavy (non-hydrogen) atoms. The second kappa shape index (κ2) is 6.56. The maximum atomic E-state index is 9.41. The molecule has 3 rings (SSSR count). The predicted molar refractivity (Wildman–Crippen MR) is 84.9 cm³/mol. The Kier molecular flexibility index (Phi) is 4.33. The number of nitrogens with one attached hydrogen (secondary N) is 1. The lowest BCUT2D eigenvalue weighted by Crippen LogP contribution is -2.28. The van der Waals surface area contributed by atoms with Gasteiger partial charge >= 0.3 is 0 Å². The molecule has 1 N–H and O–H groups in total. The quantitative estimate of drug-likeness (QED) is 0.917. The standard InChI is InChI=1S/C19H20N2/c20-13-17(15-7-2-1-3-8-15)14-21-19-12-6-10-16-9-4-5-11-18(16)19/h1-5,7-9,11,17,19,21H,6,10,12,14H2. The van der Waals surface area contributed by atoms with Gasteiger partial charge in [0, 0.05) is 12.6 Å². The molecule has 0 saturated heterocycles. The van der Waals surface area contributed by atoms with Crippen molar-refractivity contribution in [3.8, 4) is 6.07 Å². The molecular weight excluding hydrogens is 256 g/mol. The van der Waals surface area contributed by atoms with Crippen molar-refractivity contribution in [1.29, 1.82) is 5.26 Å². The average Bonchev–Trinajstić information content (AvgIpc) is 2.56. The predicted octanol–water partition coefficient (Wildman–Crippen LogP) is 3.96. The van der Waals surface area contributed by atoms with Crippen molar-refractivity contribution in [2.24, 2.45) is 0 Å². The molecule has 1 aliphatic carbocycles. The van der Waals surface area contributed by atoms with Crippen molar-refractivity contribution >= 4 is 0 Å². The average molecular weight is 276 g/mol. The van der Waals surface area contributed by atoms with Crippen LogP contribution in [-0.2, 0) is 6.42 Å². The van der Waals surface area contributed by atoms with Crippen LogP contribution in [0.1, 0.15) is 41.5 Å². The van der Waals surface area contributed by atoms with Crippen molar-refractivity contribution in [2.75, 3.05) is 6.54 Å². The molecule has 0 bridgehead atoms. The van der Waals surface area contributed by atoms with Crippen LogP contribution in [-0.4, -0.2) is 6.54 Å². The van der Waals surface area contributed by atoms with Gasteiger partial charge in [-0.3, -0.25) is 0 Å². The molecule has 2 aromatic rings. The fourth-order valence-electron chi connectivity index (χ4n) is 3.15. The number of aryl methyl sites for hydroxylation is 1. The third kappa shape index (κ3) is 3.15. The van der Waals surface area contributed by atoms with Crippen molar-refractivity contribution in [2.45, 2.75) is 31.2 Å². The maximum Gasteiger partial charge on any atom is 0.0837 e. The third-order valence-corrected chi connectivity index (χ3v) is 4.30. The minimum absolute atomic E-state index is 0.0831. The summed E-state index contributed by atoms with van der Waals surface area (Å²) in [4.78, 5) is 0. The lowest BCUT2D eigenvalue weighted by molar-refractivity contribution is 0.455. The van der Waals surface area contributed by atoms with Crippen LogP contribution in [0, 0.1) is 11.3 Å². The Balaban J connectivity index is 1.70. The summed E-state index contributed by atoms with van der Waals surface area (Å²) in [6, 6.07) is 21.5. The van der Waals surface area contributed by atoms with Crippen LogP contribution in [0.3, 0.4) is 0 Å². The first kappa shape index (κ1) is 13.9. The van der Waals surface area contributed by atoms with Gasteiger partial charge in [-0.2, -0.15) is 5.26 Å². The number of nitrogens with zero attached hydrogens (tertiary/aromatic N) is 1. The molecule has 0 heterocycles. The molecule has 1 aliphatic rings. The van der Waals surface area contributed by atoms with Gasteiger partial charge < -0.3 is 5.32 Å². The Morgan fingerprint density at radius 3 is 2.67 bits per heavy atom. The zero-order valence-corrected chi connectivity index (χ0v) is 12.1. The summed E-state index contributed by atoms with van der Waals surface area (Å²) in [5, 5.41) is 13.0. The van der Waals surface area contributed by atoms with Crippen LogP contribution < -0.4 is 5.32 Å². The molecule has 106 valence electrons. The first-order valence-electron chi connectivity index (χ1n) is 7.64. The van der Waals surface area contributed by atoms with Crippen molar-refractivity contribution in [3.63, 3.8) is 0 Å². The van der Waals surface area contributed by atoms with E-state index in [1.165, 1.54) is 24.0 Å². The van der Waals surface area contributed by atoms with Crippen molar-refractivity contribution in [3.05, 3.63) is 71.3 Å². The number of nitriles is 1. The van der Waals surface area contributed by atoms with Gasteiger partial charge in [0.15, 0.2) is 0 Å². The zero-order valence-electron chi connectivity index (χ0n) is 12.1. The smallest absolute Gasteiger partial charge is 0.0837 e. The molecule has 0 aliphatic heterocycles. The van der Waals surface area contributed by atoms with E-state index in [-0.39, 0.29) is 5.92 Å². The van der Waals surface area contributed by atoms with E-state index in [9.17, 15) is 5.26 Å². The highest BCUT2D eigenvalue weighted by molar-refractivity contribution is 5.32. The number of hydrogen-bond donors (Lipinski definition) is 1. The fraction of sp³-hybridized carbons (Fsp3) is 0.316. The van der Waals surface area contributed by atoms with Crippen molar-refractivity contribution in [1.82, 2.24) is 5.32 Å². The van der Waals surface area contributed by atoms with Crippen LogP contribution >= 0.6 is 0 Å². The van der Waals surface area contributed by atoms with Gasteiger partial charge in [-0.1, -0.05) is 54.6 Å². The van der Waals surface area contributed by atoms with E-state index in [1.807, 2.05) is 30.3 Å². The molecular formula is C19H20N2.